The molecule has 0 heterocycles. The van der Waals surface area contributed by atoms with E-state index in [0.717, 1.165) is 19.0 Å². The molecule has 0 aromatic carbocycles. The van der Waals surface area contributed by atoms with Gasteiger partial charge >= 0.3 is 0 Å². The van der Waals surface area contributed by atoms with Gasteiger partial charge in [-0.05, 0) is 43.7 Å². The largest absolute Gasteiger partial charge is 0.330 e. The first-order valence-electron chi connectivity index (χ1n) is 5.25. The second-order valence-electron chi connectivity index (χ2n) is 4.61. The van der Waals surface area contributed by atoms with Gasteiger partial charge < -0.3 is 11.1 Å². The third-order valence-corrected chi connectivity index (χ3v) is 3.32. The van der Waals surface area contributed by atoms with Crippen molar-refractivity contribution in [1.82, 2.24) is 5.32 Å². The van der Waals surface area contributed by atoms with E-state index in [0.29, 0.717) is 5.41 Å². The summed E-state index contributed by atoms with van der Waals surface area (Å²) in [6.45, 7) is 3.26. The maximum atomic E-state index is 5.68. The van der Waals surface area contributed by atoms with Crippen LogP contribution in [0.3, 0.4) is 0 Å². The minimum Gasteiger partial charge on any atom is -0.330 e. The van der Waals surface area contributed by atoms with Crippen molar-refractivity contribution in [3.05, 3.63) is 0 Å². The zero-order valence-corrected chi connectivity index (χ0v) is 7.81. The van der Waals surface area contributed by atoms with Gasteiger partial charge in [-0.2, -0.15) is 0 Å². The van der Waals surface area contributed by atoms with Gasteiger partial charge in [0, 0.05) is 6.54 Å². The van der Waals surface area contributed by atoms with Crippen molar-refractivity contribution >= 4 is 0 Å². The summed E-state index contributed by atoms with van der Waals surface area (Å²) in [5.74, 6) is 1.06. The molecule has 70 valence electrons. The van der Waals surface area contributed by atoms with E-state index in [9.17, 15) is 0 Å². The van der Waals surface area contributed by atoms with Crippen LogP contribution in [0, 0.1) is 11.3 Å². The van der Waals surface area contributed by atoms with Crippen LogP contribution in [-0.4, -0.2) is 19.6 Å². The fourth-order valence-electron chi connectivity index (χ4n) is 1.70. The molecule has 0 saturated heterocycles. The molecule has 0 spiro atoms. The zero-order chi connectivity index (χ0) is 8.44. The van der Waals surface area contributed by atoms with Crippen LogP contribution in [0.2, 0.25) is 0 Å². The van der Waals surface area contributed by atoms with E-state index >= 15 is 0 Å². The average molecular weight is 168 g/mol. The first-order chi connectivity index (χ1) is 5.85. The molecular weight excluding hydrogens is 148 g/mol. The van der Waals surface area contributed by atoms with Crippen molar-refractivity contribution in [2.24, 2.45) is 17.1 Å². The highest BCUT2D eigenvalue weighted by Gasteiger charge is 2.40. The monoisotopic (exact) mass is 168 g/mol. The van der Waals surface area contributed by atoms with E-state index in [1.165, 1.54) is 38.6 Å². The third kappa shape index (κ3) is 2.20. The predicted octanol–water partition coefficient (Wildman–Crippen LogP) is 1.11. The van der Waals surface area contributed by atoms with Crippen LogP contribution < -0.4 is 11.1 Å². The van der Waals surface area contributed by atoms with Crippen LogP contribution in [0.25, 0.3) is 0 Å². The normalized spacial score (nSPS) is 25.8. The minimum atomic E-state index is 0.517. The fourth-order valence-corrected chi connectivity index (χ4v) is 1.70. The molecular formula is C10H20N2. The molecule has 2 aliphatic rings. The third-order valence-electron chi connectivity index (χ3n) is 3.32. The van der Waals surface area contributed by atoms with E-state index in [1.807, 2.05) is 0 Å². The molecule has 0 unspecified atom stereocenters. The van der Waals surface area contributed by atoms with Crippen LogP contribution >= 0.6 is 0 Å². The first kappa shape index (κ1) is 8.52. The van der Waals surface area contributed by atoms with Crippen molar-refractivity contribution in [1.29, 1.82) is 0 Å². The van der Waals surface area contributed by atoms with Gasteiger partial charge in [-0.3, -0.25) is 0 Å². The molecule has 3 N–H and O–H groups in total. The second kappa shape index (κ2) is 3.35. The highest BCUT2D eigenvalue weighted by atomic mass is 14.9. The van der Waals surface area contributed by atoms with E-state index in [1.54, 1.807) is 0 Å². The van der Waals surface area contributed by atoms with E-state index in [2.05, 4.69) is 5.32 Å². The van der Waals surface area contributed by atoms with Crippen LogP contribution in [0.15, 0.2) is 0 Å². The Bertz CT molecular complexity index is 148. The predicted molar refractivity (Wildman–Crippen MR) is 50.9 cm³/mol. The molecule has 2 saturated carbocycles. The lowest BCUT2D eigenvalue weighted by Gasteiger charge is -2.12. The Morgan fingerprint density at radius 1 is 1.33 bits per heavy atom. The summed E-state index contributed by atoms with van der Waals surface area (Å²) in [5, 5.41) is 3.53. The standard InChI is InChI=1S/C10H20N2/c11-7-10(4-5-10)8-12-6-3-9-1-2-9/h9,12H,1-8,11H2. The fraction of sp³-hybridized carbons (Fsp3) is 1.00. The Hall–Kier alpha value is -0.0800. The second-order valence-corrected chi connectivity index (χ2v) is 4.61. The van der Waals surface area contributed by atoms with Crippen molar-refractivity contribution < 1.29 is 0 Å². The van der Waals surface area contributed by atoms with Gasteiger partial charge in [0.15, 0.2) is 0 Å². The molecule has 12 heavy (non-hydrogen) atoms. The molecule has 2 fully saturated rings. The molecule has 0 atom stereocenters. The van der Waals surface area contributed by atoms with Gasteiger partial charge in [0.1, 0.15) is 0 Å². The van der Waals surface area contributed by atoms with Crippen LogP contribution in [-0.2, 0) is 0 Å². The topological polar surface area (TPSA) is 38.0 Å². The molecule has 0 amide bonds. The molecule has 2 nitrogen and oxygen atoms in total. The molecule has 2 heteroatoms. The molecule has 0 aromatic heterocycles. The van der Waals surface area contributed by atoms with Crippen molar-refractivity contribution in [3.63, 3.8) is 0 Å². The molecule has 0 aliphatic heterocycles. The molecule has 2 aliphatic carbocycles. The summed E-state index contributed by atoms with van der Waals surface area (Å²) in [6, 6.07) is 0. The Kier molecular flexibility index (Phi) is 2.37. The maximum absolute atomic E-state index is 5.68. The van der Waals surface area contributed by atoms with Gasteiger partial charge in [-0.25, -0.2) is 0 Å². The van der Waals surface area contributed by atoms with E-state index in [-0.39, 0.29) is 0 Å². The first-order valence-corrected chi connectivity index (χ1v) is 5.25. The average Bonchev–Trinajstić information content (AvgIpc) is 2.96. The van der Waals surface area contributed by atoms with Crippen LogP contribution in [0.5, 0.6) is 0 Å². The summed E-state index contributed by atoms with van der Waals surface area (Å²) in [7, 11) is 0. The Morgan fingerprint density at radius 3 is 2.58 bits per heavy atom. The summed E-state index contributed by atoms with van der Waals surface area (Å²) < 4.78 is 0. The smallest absolute Gasteiger partial charge is 0.00199 e. The summed E-state index contributed by atoms with van der Waals surface area (Å²) in [5.41, 5.74) is 6.20. The Balaban J connectivity index is 1.50. The van der Waals surface area contributed by atoms with Crippen LogP contribution in [0.4, 0.5) is 0 Å². The summed E-state index contributed by atoms with van der Waals surface area (Å²) in [4.78, 5) is 0. The van der Waals surface area contributed by atoms with Crippen molar-refractivity contribution in [2.75, 3.05) is 19.6 Å². The van der Waals surface area contributed by atoms with Gasteiger partial charge in [0.2, 0.25) is 0 Å². The van der Waals surface area contributed by atoms with E-state index in [4.69, 9.17) is 5.73 Å². The maximum Gasteiger partial charge on any atom is 0.00199 e. The number of hydrogen-bond donors (Lipinski definition) is 2. The number of nitrogens with two attached hydrogens (primary N) is 1. The molecule has 0 aromatic rings. The molecule has 0 bridgehead atoms. The van der Waals surface area contributed by atoms with Crippen molar-refractivity contribution in [2.45, 2.75) is 32.1 Å². The molecule has 2 rings (SSSR count). The highest BCUT2D eigenvalue weighted by Crippen LogP contribution is 2.43. The Labute approximate surface area is 74.9 Å². The highest BCUT2D eigenvalue weighted by molar-refractivity contribution is 4.95. The number of hydrogen-bond acceptors (Lipinski definition) is 2. The lowest BCUT2D eigenvalue weighted by molar-refractivity contribution is 0.460. The zero-order valence-electron chi connectivity index (χ0n) is 7.81. The van der Waals surface area contributed by atoms with E-state index < -0.39 is 0 Å². The lowest BCUT2D eigenvalue weighted by atomic mass is 10.1. The summed E-state index contributed by atoms with van der Waals surface area (Å²) >= 11 is 0. The van der Waals surface area contributed by atoms with Gasteiger partial charge in [-0.1, -0.05) is 12.8 Å². The molecule has 0 radical (unpaired) electrons. The van der Waals surface area contributed by atoms with Crippen LogP contribution in [0.1, 0.15) is 32.1 Å². The summed E-state index contributed by atoms with van der Waals surface area (Å²) in [6.07, 6.45) is 7.04. The van der Waals surface area contributed by atoms with Crippen molar-refractivity contribution in [3.8, 4) is 0 Å². The quantitative estimate of drug-likeness (QED) is 0.583. The van der Waals surface area contributed by atoms with Gasteiger partial charge in [-0.15, -0.1) is 0 Å². The Morgan fingerprint density at radius 2 is 2.08 bits per heavy atom. The SMILES string of the molecule is NCC1(CNCCC2CC2)CC1. The number of rotatable bonds is 6. The number of nitrogens with one attached hydrogen (secondary N) is 1. The lowest BCUT2D eigenvalue weighted by Crippen LogP contribution is -2.30. The van der Waals surface area contributed by atoms with Gasteiger partial charge in [0.25, 0.3) is 0 Å². The van der Waals surface area contributed by atoms with Gasteiger partial charge in [0.05, 0.1) is 0 Å². The minimum absolute atomic E-state index is 0.517.